The highest BCUT2D eigenvalue weighted by Gasteiger charge is 2.03. The maximum atomic E-state index is 10.5. The summed E-state index contributed by atoms with van der Waals surface area (Å²) < 4.78 is 1.59. The fraction of sp³-hybridized carbons (Fsp3) is 0. The predicted molar refractivity (Wildman–Crippen MR) is 56.5 cm³/mol. The minimum atomic E-state index is 0.589. The van der Waals surface area contributed by atoms with Gasteiger partial charge in [0.15, 0.2) is 6.29 Å². The van der Waals surface area contributed by atoms with Crippen molar-refractivity contribution in [3.8, 4) is 5.69 Å². The van der Waals surface area contributed by atoms with Crippen LogP contribution in [-0.2, 0) is 4.79 Å². The molecule has 1 N–H and O–H groups in total. The number of hydrogen-bond acceptors (Lipinski definition) is 4. The summed E-state index contributed by atoms with van der Waals surface area (Å²) in [6.07, 6.45) is 4.59. The van der Waals surface area contributed by atoms with Gasteiger partial charge in [-0.2, -0.15) is 5.10 Å². The first kappa shape index (κ1) is 9.60. The molecule has 0 unspecified atom stereocenters. The molecule has 0 aliphatic rings. The Morgan fingerprint density at radius 3 is 3.00 bits per heavy atom. The quantitative estimate of drug-likeness (QED) is 0.792. The highest BCUT2D eigenvalue weighted by molar-refractivity contribution is 7.12. The van der Waals surface area contributed by atoms with E-state index < -0.39 is 0 Å². The average molecular weight is 221 g/mol. The Morgan fingerprint density at radius 2 is 2.33 bits per heavy atom. The van der Waals surface area contributed by atoms with Crippen molar-refractivity contribution < 1.29 is 9.59 Å². The van der Waals surface area contributed by atoms with E-state index in [1.54, 1.807) is 16.9 Å². The van der Waals surface area contributed by atoms with Crippen LogP contribution in [0.3, 0.4) is 0 Å². The van der Waals surface area contributed by atoms with E-state index >= 15 is 0 Å². The molecule has 1 amide bonds. The molecular weight excluding hydrogens is 214 g/mol. The molecule has 0 aromatic carbocycles. The monoisotopic (exact) mass is 221 g/mol. The standard InChI is InChI=1S/C9H7N3O2S/c13-4-9-1-8(5-15-9)12-3-7(2-11-12)10-6-14/h1-6H,(H,10,14). The molecule has 15 heavy (non-hydrogen) atoms. The van der Waals surface area contributed by atoms with Crippen molar-refractivity contribution in [1.29, 1.82) is 0 Å². The average Bonchev–Trinajstić information content (AvgIpc) is 2.85. The summed E-state index contributed by atoms with van der Waals surface area (Å²) in [5.41, 5.74) is 1.42. The van der Waals surface area contributed by atoms with Crippen molar-refractivity contribution in [3.05, 3.63) is 28.7 Å². The summed E-state index contributed by atoms with van der Waals surface area (Å²) in [6, 6.07) is 1.73. The molecule has 0 aliphatic carbocycles. The van der Waals surface area contributed by atoms with Gasteiger partial charge in [0.05, 0.1) is 28.6 Å². The number of thiophene rings is 1. The van der Waals surface area contributed by atoms with Crippen LogP contribution in [0, 0.1) is 0 Å². The van der Waals surface area contributed by atoms with Crippen molar-refractivity contribution in [2.45, 2.75) is 0 Å². The van der Waals surface area contributed by atoms with Gasteiger partial charge in [-0.05, 0) is 6.07 Å². The molecule has 0 aliphatic heterocycles. The Hall–Kier alpha value is -1.95. The van der Waals surface area contributed by atoms with E-state index in [9.17, 15) is 9.59 Å². The van der Waals surface area contributed by atoms with Crippen LogP contribution in [0.2, 0.25) is 0 Å². The highest BCUT2D eigenvalue weighted by atomic mass is 32.1. The Balaban J connectivity index is 2.28. The maximum absolute atomic E-state index is 10.5. The lowest BCUT2D eigenvalue weighted by Crippen LogP contribution is -1.92. The molecule has 0 atom stereocenters. The summed E-state index contributed by atoms with van der Waals surface area (Å²) >= 11 is 1.35. The van der Waals surface area contributed by atoms with E-state index in [1.165, 1.54) is 17.5 Å². The molecule has 0 bridgehead atoms. The van der Waals surface area contributed by atoms with Crippen LogP contribution in [0.25, 0.3) is 5.69 Å². The molecule has 2 heterocycles. The first-order valence-electron chi connectivity index (χ1n) is 4.12. The van der Waals surface area contributed by atoms with Crippen LogP contribution >= 0.6 is 11.3 Å². The zero-order valence-electron chi connectivity index (χ0n) is 7.58. The van der Waals surface area contributed by atoms with E-state index in [2.05, 4.69) is 10.4 Å². The summed E-state index contributed by atoms with van der Waals surface area (Å²) in [7, 11) is 0. The number of hydrogen-bond donors (Lipinski definition) is 1. The van der Waals surface area contributed by atoms with Gasteiger partial charge >= 0.3 is 0 Å². The van der Waals surface area contributed by atoms with Crippen LogP contribution in [0.4, 0.5) is 5.69 Å². The van der Waals surface area contributed by atoms with Gasteiger partial charge in [-0.15, -0.1) is 11.3 Å². The molecule has 0 fully saturated rings. The number of amides is 1. The number of carbonyl (C=O) groups excluding carboxylic acids is 2. The predicted octanol–water partition coefficient (Wildman–Crippen LogP) is 1.31. The summed E-state index contributed by atoms with van der Waals surface area (Å²) in [5, 5.41) is 8.35. The largest absolute Gasteiger partial charge is 0.326 e. The maximum Gasteiger partial charge on any atom is 0.211 e. The number of nitrogens with zero attached hydrogens (tertiary/aromatic N) is 2. The van der Waals surface area contributed by atoms with E-state index in [0.29, 0.717) is 17.0 Å². The van der Waals surface area contributed by atoms with Gasteiger partial charge < -0.3 is 5.32 Å². The van der Waals surface area contributed by atoms with Crippen molar-refractivity contribution in [1.82, 2.24) is 9.78 Å². The van der Waals surface area contributed by atoms with Gasteiger partial charge in [0.25, 0.3) is 0 Å². The molecule has 0 saturated heterocycles. The first-order valence-corrected chi connectivity index (χ1v) is 5.00. The van der Waals surface area contributed by atoms with Crippen molar-refractivity contribution in [2.24, 2.45) is 0 Å². The third kappa shape index (κ3) is 1.94. The molecule has 6 heteroatoms. The molecule has 0 radical (unpaired) electrons. The number of aromatic nitrogens is 2. The van der Waals surface area contributed by atoms with Gasteiger partial charge in [0, 0.05) is 5.38 Å². The molecule has 2 rings (SSSR count). The number of rotatable bonds is 4. The number of carbonyl (C=O) groups is 2. The lowest BCUT2D eigenvalue weighted by molar-refractivity contribution is -0.105. The van der Waals surface area contributed by atoms with E-state index in [-0.39, 0.29) is 0 Å². The van der Waals surface area contributed by atoms with Gasteiger partial charge in [-0.25, -0.2) is 4.68 Å². The molecular formula is C9H7N3O2S. The zero-order chi connectivity index (χ0) is 10.7. The minimum Gasteiger partial charge on any atom is -0.326 e. The summed E-state index contributed by atoms with van der Waals surface area (Å²) in [5.74, 6) is 0. The van der Waals surface area contributed by atoms with Crippen molar-refractivity contribution in [2.75, 3.05) is 5.32 Å². The molecule has 5 nitrogen and oxygen atoms in total. The fourth-order valence-electron chi connectivity index (χ4n) is 1.13. The third-order valence-corrected chi connectivity index (χ3v) is 2.64. The number of anilines is 1. The smallest absolute Gasteiger partial charge is 0.211 e. The van der Waals surface area contributed by atoms with Gasteiger partial charge in [-0.3, -0.25) is 9.59 Å². The van der Waals surface area contributed by atoms with Crippen LogP contribution < -0.4 is 5.32 Å². The Morgan fingerprint density at radius 1 is 1.47 bits per heavy atom. The summed E-state index contributed by atoms with van der Waals surface area (Å²) in [6.45, 7) is 0. The van der Waals surface area contributed by atoms with Crippen LogP contribution in [0.1, 0.15) is 9.67 Å². The number of aldehydes is 1. The van der Waals surface area contributed by atoms with Crippen LogP contribution in [0.5, 0.6) is 0 Å². The molecule has 2 aromatic heterocycles. The Labute approximate surface area is 89.3 Å². The van der Waals surface area contributed by atoms with E-state index in [0.717, 1.165) is 12.0 Å². The van der Waals surface area contributed by atoms with Crippen molar-refractivity contribution >= 4 is 29.7 Å². The SMILES string of the molecule is O=CNc1cnn(-c2csc(C=O)c2)c1. The topological polar surface area (TPSA) is 64.0 Å². The second-order valence-electron chi connectivity index (χ2n) is 2.76. The second kappa shape index (κ2) is 4.05. The third-order valence-electron chi connectivity index (χ3n) is 1.79. The van der Waals surface area contributed by atoms with Gasteiger partial charge in [0.1, 0.15) is 0 Å². The second-order valence-corrected chi connectivity index (χ2v) is 3.70. The van der Waals surface area contributed by atoms with Crippen LogP contribution in [0.15, 0.2) is 23.8 Å². The Bertz CT molecular complexity index is 489. The summed E-state index contributed by atoms with van der Waals surface area (Å²) in [4.78, 5) is 21.3. The molecule has 0 spiro atoms. The molecule has 0 saturated carbocycles. The van der Waals surface area contributed by atoms with Crippen molar-refractivity contribution in [3.63, 3.8) is 0 Å². The first-order chi connectivity index (χ1) is 7.33. The fourth-order valence-corrected chi connectivity index (χ4v) is 1.81. The zero-order valence-corrected chi connectivity index (χ0v) is 8.40. The molecule has 76 valence electrons. The molecule has 2 aromatic rings. The highest BCUT2D eigenvalue weighted by Crippen LogP contribution is 2.17. The van der Waals surface area contributed by atoms with Gasteiger partial charge in [0.2, 0.25) is 6.41 Å². The number of nitrogens with one attached hydrogen (secondary N) is 1. The van der Waals surface area contributed by atoms with E-state index in [4.69, 9.17) is 0 Å². The lowest BCUT2D eigenvalue weighted by atomic mass is 10.4. The van der Waals surface area contributed by atoms with E-state index in [1.807, 2.05) is 5.38 Å². The van der Waals surface area contributed by atoms with Crippen LogP contribution in [-0.4, -0.2) is 22.5 Å². The van der Waals surface area contributed by atoms with Gasteiger partial charge in [-0.1, -0.05) is 0 Å². The Kier molecular flexibility index (Phi) is 2.59. The lowest BCUT2D eigenvalue weighted by Gasteiger charge is -1.93. The normalized spacial score (nSPS) is 9.87. The minimum absolute atomic E-state index is 0.589.